The van der Waals surface area contributed by atoms with Crippen molar-refractivity contribution < 1.29 is 27.4 Å². The topological polar surface area (TPSA) is 108 Å². The van der Waals surface area contributed by atoms with Crippen LogP contribution in [0.25, 0.3) is 0 Å². The van der Waals surface area contributed by atoms with Crippen LogP contribution in [0.5, 0.6) is 11.8 Å². The first-order chi connectivity index (χ1) is 13.0. The molecule has 1 unspecified atom stereocenters. The number of aromatic nitrogens is 2. The molecule has 0 radical (unpaired) electrons. The molecule has 27 heavy (non-hydrogen) atoms. The van der Waals surface area contributed by atoms with Crippen molar-refractivity contribution in [3.8, 4) is 11.8 Å². The number of methoxy groups -OCH3 is 2. The zero-order valence-electron chi connectivity index (χ0n) is 14.9. The van der Waals surface area contributed by atoms with E-state index < -0.39 is 16.0 Å². The third-order valence-electron chi connectivity index (χ3n) is 4.13. The third-order valence-corrected chi connectivity index (χ3v) is 6.01. The molecule has 1 aliphatic rings. The lowest BCUT2D eigenvalue weighted by Crippen LogP contribution is -2.31. The third kappa shape index (κ3) is 4.01. The lowest BCUT2D eigenvalue weighted by atomic mass is 10.2. The van der Waals surface area contributed by atoms with E-state index in [1.54, 1.807) is 0 Å². The van der Waals surface area contributed by atoms with Crippen LogP contribution in [0, 0.1) is 0 Å². The average molecular weight is 393 g/mol. The van der Waals surface area contributed by atoms with Gasteiger partial charge in [0.2, 0.25) is 10.0 Å². The highest BCUT2D eigenvalue weighted by molar-refractivity contribution is 7.89. The smallest absolute Gasteiger partial charge is 0.337 e. The lowest BCUT2D eigenvalue weighted by Gasteiger charge is -2.17. The van der Waals surface area contributed by atoms with Crippen molar-refractivity contribution in [2.24, 2.45) is 0 Å². The molecule has 10 heteroatoms. The largest absolute Gasteiger partial charge is 0.477 e. The quantitative estimate of drug-likeness (QED) is 0.672. The number of hydrogen-bond acceptors (Lipinski definition) is 8. The molecule has 1 fully saturated rings. The molecular weight excluding hydrogens is 374 g/mol. The van der Waals surface area contributed by atoms with Gasteiger partial charge in [0, 0.05) is 18.9 Å². The van der Waals surface area contributed by atoms with Gasteiger partial charge in [0.15, 0.2) is 0 Å². The summed E-state index contributed by atoms with van der Waals surface area (Å²) in [5.74, 6) is -0.0459. The summed E-state index contributed by atoms with van der Waals surface area (Å²) in [5.41, 5.74) is 0.286. The van der Waals surface area contributed by atoms with E-state index >= 15 is 0 Å². The Balaban J connectivity index is 1.71. The van der Waals surface area contributed by atoms with Crippen molar-refractivity contribution in [1.82, 2.24) is 14.3 Å². The normalized spacial score (nSPS) is 17.5. The summed E-state index contributed by atoms with van der Waals surface area (Å²) in [6.07, 6.45) is 3.11. The van der Waals surface area contributed by atoms with Gasteiger partial charge in [0.25, 0.3) is 11.8 Å². The number of esters is 1. The van der Waals surface area contributed by atoms with Crippen LogP contribution in [0.3, 0.4) is 0 Å². The number of benzene rings is 1. The summed E-state index contributed by atoms with van der Waals surface area (Å²) in [6, 6.07) is 5.63. The van der Waals surface area contributed by atoms with Crippen LogP contribution in [0.15, 0.2) is 41.6 Å². The van der Waals surface area contributed by atoms with Crippen LogP contribution in [-0.2, 0) is 14.8 Å². The molecule has 2 aromatic rings. The molecule has 1 atom stereocenters. The molecule has 0 N–H and O–H groups in total. The van der Waals surface area contributed by atoms with E-state index in [0.29, 0.717) is 13.0 Å². The molecule has 1 aromatic heterocycles. The van der Waals surface area contributed by atoms with Gasteiger partial charge in [-0.25, -0.2) is 23.2 Å². The highest BCUT2D eigenvalue weighted by atomic mass is 32.2. The summed E-state index contributed by atoms with van der Waals surface area (Å²) >= 11 is 0. The van der Waals surface area contributed by atoms with Gasteiger partial charge < -0.3 is 14.2 Å². The van der Waals surface area contributed by atoms with Crippen LogP contribution in [-0.4, -0.2) is 62.1 Å². The van der Waals surface area contributed by atoms with E-state index in [4.69, 9.17) is 9.47 Å². The SMILES string of the molecule is COC(=O)c1ccc(S(=O)(=O)N2CCC(Oc3nccnc3OC)C2)cc1. The predicted molar refractivity (Wildman–Crippen MR) is 94.2 cm³/mol. The summed E-state index contributed by atoms with van der Waals surface area (Å²) in [5, 5.41) is 0. The zero-order valence-corrected chi connectivity index (χ0v) is 15.7. The molecule has 3 rings (SSSR count). The van der Waals surface area contributed by atoms with Crippen LogP contribution in [0.2, 0.25) is 0 Å². The van der Waals surface area contributed by atoms with E-state index in [1.165, 1.54) is 55.2 Å². The fraction of sp³-hybridized carbons (Fsp3) is 0.353. The fourth-order valence-corrected chi connectivity index (χ4v) is 4.22. The number of hydrogen-bond donors (Lipinski definition) is 0. The van der Waals surface area contributed by atoms with E-state index in [-0.39, 0.29) is 34.9 Å². The maximum absolute atomic E-state index is 12.8. The maximum atomic E-state index is 12.8. The summed E-state index contributed by atoms with van der Waals surface area (Å²) in [7, 11) is -0.969. The minimum absolute atomic E-state index is 0.105. The molecule has 0 aliphatic carbocycles. The first-order valence-corrected chi connectivity index (χ1v) is 9.60. The second-order valence-corrected chi connectivity index (χ2v) is 7.72. The van der Waals surface area contributed by atoms with Gasteiger partial charge in [-0.05, 0) is 30.7 Å². The molecule has 144 valence electrons. The monoisotopic (exact) mass is 393 g/mol. The van der Waals surface area contributed by atoms with Gasteiger partial charge in [-0.15, -0.1) is 0 Å². The molecular formula is C17H19N3O6S. The minimum Gasteiger partial charge on any atom is -0.477 e. The standard InChI is InChI=1S/C17H19N3O6S/c1-24-15-16(19-9-8-18-15)26-13-7-10-20(11-13)27(22,23)14-5-3-12(4-6-14)17(21)25-2/h3-6,8-9,13H,7,10-11H2,1-2H3. The first kappa shape index (κ1) is 19.1. The minimum atomic E-state index is -3.69. The molecule has 1 aliphatic heterocycles. The number of sulfonamides is 1. The van der Waals surface area contributed by atoms with Crippen molar-refractivity contribution in [2.45, 2.75) is 17.4 Å². The van der Waals surface area contributed by atoms with Crippen LogP contribution in [0.1, 0.15) is 16.8 Å². The van der Waals surface area contributed by atoms with Crippen LogP contribution in [0.4, 0.5) is 0 Å². The molecule has 0 bridgehead atoms. The molecule has 1 aromatic carbocycles. The fourth-order valence-electron chi connectivity index (χ4n) is 2.73. The Hall–Kier alpha value is -2.72. The molecule has 0 spiro atoms. The van der Waals surface area contributed by atoms with Gasteiger partial charge >= 0.3 is 5.97 Å². The van der Waals surface area contributed by atoms with Crippen molar-refractivity contribution in [3.63, 3.8) is 0 Å². The second kappa shape index (κ2) is 7.89. The highest BCUT2D eigenvalue weighted by Gasteiger charge is 2.34. The van der Waals surface area contributed by atoms with Crippen LogP contribution < -0.4 is 9.47 Å². The van der Waals surface area contributed by atoms with Gasteiger partial charge in [-0.2, -0.15) is 4.31 Å². The Kier molecular flexibility index (Phi) is 5.57. The van der Waals surface area contributed by atoms with E-state index in [2.05, 4.69) is 14.7 Å². The summed E-state index contributed by atoms with van der Waals surface area (Å²) < 4.78 is 42.4. The van der Waals surface area contributed by atoms with Crippen molar-refractivity contribution in [2.75, 3.05) is 27.3 Å². The number of ether oxygens (including phenoxy) is 3. The van der Waals surface area contributed by atoms with Gasteiger partial charge in [-0.1, -0.05) is 0 Å². The first-order valence-electron chi connectivity index (χ1n) is 8.16. The van der Waals surface area contributed by atoms with Crippen molar-refractivity contribution >= 4 is 16.0 Å². The predicted octanol–water partition coefficient (Wildman–Crippen LogP) is 1.11. The highest BCUT2D eigenvalue weighted by Crippen LogP contribution is 2.27. The molecule has 9 nitrogen and oxygen atoms in total. The van der Waals surface area contributed by atoms with E-state index in [0.717, 1.165) is 0 Å². The molecule has 0 saturated carbocycles. The van der Waals surface area contributed by atoms with Crippen molar-refractivity contribution in [1.29, 1.82) is 0 Å². The second-order valence-electron chi connectivity index (χ2n) is 5.78. The van der Waals surface area contributed by atoms with E-state index in [1.807, 2.05) is 0 Å². The number of carbonyl (C=O) groups excluding carboxylic acids is 1. The van der Waals surface area contributed by atoms with E-state index in [9.17, 15) is 13.2 Å². The Morgan fingerprint density at radius 3 is 2.41 bits per heavy atom. The Bertz CT molecular complexity index is 917. The Labute approximate surface area is 156 Å². The number of nitrogens with zero attached hydrogens (tertiary/aromatic N) is 3. The Morgan fingerprint density at radius 2 is 1.78 bits per heavy atom. The molecule has 2 heterocycles. The van der Waals surface area contributed by atoms with Crippen molar-refractivity contribution in [3.05, 3.63) is 42.2 Å². The van der Waals surface area contributed by atoms with Gasteiger partial charge in [-0.3, -0.25) is 0 Å². The van der Waals surface area contributed by atoms with Crippen LogP contribution >= 0.6 is 0 Å². The van der Waals surface area contributed by atoms with Gasteiger partial charge in [0.05, 0.1) is 31.2 Å². The number of rotatable bonds is 6. The summed E-state index contributed by atoms with van der Waals surface area (Å²) in [6.45, 7) is 0.495. The molecule has 1 saturated heterocycles. The maximum Gasteiger partial charge on any atom is 0.337 e. The van der Waals surface area contributed by atoms with Gasteiger partial charge in [0.1, 0.15) is 6.10 Å². The molecule has 0 amide bonds. The number of carbonyl (C=O) groups is 1. The summed E-state index contributed by atoms with van der Waals surface area (Å²) in [4.78, 5) is 19.7. The average Bonchev–Trinajstić information content (AvgIpc) is 3.17. The zero-order chi connectivity index (χ0) is 19.4. The Morgan fingerprint density at radius 1 is 1.11 bits per heavy atom. The lowest BCUT2D eigenvalue weighted by molar-refractivity contribution is 0.0600.